The average molecular weight is 194 g/mol. The van der Waals surface area contributed by atoms with E-state index in [2.05, 4.69) is 5.32 Å². The van der Waals surface area contributed by atoms with Crippen LogP contribution in [0.15, 0.2) is 0 Å². The summed E-state index contributed by atoms with van der Waals surface area (Å²) in [6, 6.07) is -0.167. The van der Waals surface area contributed by atoms with E-state index in [0.29, 0.717) is 5.92 Å². The van der Waals surface area contributed by atoms with Gasteiger partial charge in [-0.2, -0.15) is 0 Å². The van der Waals surface area contributed by atoms with E-state index in [0.717, 1.165) is 32.2 Å². The van der Waals surface area contributed by atoms with Gasteiger partial charge < -0.3 is 4.90 Å². The Hall–Kier alpha value is -1.06. The number of amides is 3. The van der Waals surface area contributed by atoms with E-state index in [1.54, 1.807) is 4.90 Å². The molecule has 2 atom stereocenters. The van der Waals surface area contributed by atoms with Crippen molar-refractivity contribution in [3.63, 3.8) is 0 Å². The van der Waals surface area contributed by atoms with Gasteiger partial charge >= 0.3 is 6.03 Å². The third-order valence-corrected chi connectivity index (χ3v) is 4.08. The van der Waals surface area contributed by atoms with Crippen LogP contribution in [0.2, 0.25) is 0 Å². The summed E-state index contributed by atoms with van der Waals surface area (Å²) in [6.45, 7) is 0.766. The van der Waals surface area contributed by atoms with Crippen LogP contribution < -0.4 is 5.32 Å². The summed E-state index contributed by atoms with van der Waals surface area (Å²) in [7, 11) is 0. The number of imide groups is 1. The van der Waals surface area contributed by atoms with Gasteiger partial charge in [0.25, 0.3) is 5.91 Å². The van der Waals surface area contributed by atoms with Gasteiger partial charge in [0.15, 0.2) is 0 Å². The van der Waals surface area contributed by atoms with Crippen LogP contribution in [0.4, 0.5) is 4.79 Å². The first-order chi connectivity index (χ1) is 6.75. The first-order valence-corrected chi connectivity index (χ1v) is 5.38. The van der Waals surface area contributed by atoms with Crippen molar-refractivity contribution in [1.82, 2.24) is 10.2 Å². The van der Waals surface area contributed by atoms with Crippen molar-refractivity contribution in [1.29, 1.82) is 0 Å². The van der Waals surface area contributed by atoms with Crippen molar-refractivity contribution in [3.05, 3.63) is 0 Å². The second-order valence-electron chi connectivity index (χ2n) is 4.57. The molecule has 3 fully saturated rings. The lowest BCUT2D eigenvalue weighted by Crippen LogP contribution is -2.51. The van der Waals surface area contributed by atoms with E-state index in [1.807, 2.05) is 0 Å². The molecule has 4 heteroatoms. The summed E-state index contributed by atoms with van der Waals surface area (Å²) in [5, 5.41) is 2.46. The second kappa shape index (κ2) is 2.49. The van der Waals surface area contributed by atoms with Crippen molar-refractivity contribution < 1.29 is 9.59 Å². The van der Waals surface area contributed by atoms with Crippen LogP contribution in [0.3, 0.4) is 0 Å². The molecule has 0 aromatic carbocycles. The largest absolute Gasteiger partial charge is 0.325 e. The predicted octanol–water partition coefficient (Wildman–Crippen LogP) is 0.871. The highest BCUT2D eigenvalue weighted by molar-refractivity contribution is 6.07. The Morgan fingerprint density at radius 1 is 1.29 bits per heavy atom. The molecule has 3 aliphatic rings. The Balaban J connectivity index is 2.05. The van der Waals surface area contributed by atoms with Gasteiger partial charge in [-0.25, -0.2) is 4.79 Å². The van der Waals surface area contributed by atoms with Gasteiger partial charge in [-0.1, -0.05) is 12.8 Å². The van der Waals surface area contributed by atoms with Gasteiger partial charge in [0.1, 0.15) is 5.54 Å². The van der Waals surface area contributed by atoms with Gasteiger partial charge in [0.2, 0.25) is 0 Å². The Bertz CT molecular complexity index is 315. The van der Waals surface area contributed by atoms with Crippen LogP contribution >= 0.6 is 0 Å². The Morgan fingerprint density at radius 3 is 3.00 bits per heavy atom. The topological polar surface area (TPSA) is 49.4 Å². The molecule has 3 amide bonds. The summed E-state index contributed by atoms with van der Waals surface area (Å²) in [6.07, 6.45) is 5.28. The molecule has 2 saturated heterocycles. The highest BCUT2D eigenvalue weighted by atomic mass is 16.2. The monoisotopic (exact) mass is 194 g/mol. The number of carbonyl (C=O) groups excluding carboxylic acids is 2. The number of nitrogens with zero attached hydrogens (tertiary/aromatic N) is 1. The highest BCUT2D eigenvalue weighted by Gasteiger charge is 2.60. The quantitative estimate of drug-likeness (QED) is 0.582. The summed E-state index contributed by atoms with van der Waals surface area (Å²) in [5.74, 6) is 0.382. The molecular formula is C10H14N2O2. The molecule has 1 saturated carbocycles. The fourth-order valence-electron chi connectivity index (χ4n) is 3.43. The SMILES string of the molecule is O=C1NC(=O)C23CCCCC2CCN13. The summed E-state index contributed by atoms with van der Waals surface area (Å²) in [4.78, 5) is 25.1. The summed E-state index contributed by atoms with van der Waals surface area (Å²) in [5.41, 5.74) is -0.435. The van der Waals surface area contributed by atoms with Crippen LogP contribution in [0.5, 0.6) is 0 Å². The molecule has 0 aromatic rings. The second-order valence-corrected chi connectivity index (χ2v) is 4.57. The van der Waals surface area contributed by atoms with Crippen molar-refractivity contribution in [2.75, 3.05) is 6.54 Å². The van der Waals surface area contributed by atoms with E-state index in [-0.39, 0.29) is 11.9 Å². The number of rotatable bonds is 0. The third kappa shape index (κ3) is 0.751. The van der Waals surface area contributed by atoms with Crippen molar-refractivity contribution in [3.8, 4) is 0 Å². The smallest absolute Gasteiger partial charge is 0.309 e. The number of nitrogens with one attached hydrogen (secondary N) is 1. The summed E-state index contributed by atoms with van der Waals surface area (Å²) < 4.78 is 0. The third-order valence-electron chi connectivity index (χ3n) is 4.08. The van der Waals surface area contributed by atoms with E-state index in [9.17, 15) is 9.59 Å². The Morgan fingerprint density at radius 2 is 2.14 bits per heavy atom. The minimum atomic E-state index is -0.435. The maximum Gasteiger partial charge on any atom is 0.325 e. The van der Waals surface area contributed by atoms with Crippen LogP contribution in [-0.2, 0) is 4.79 Å². The lowest BCUT2D eigenvalue weighted by atomic mass is 9.73. The molecule has 4 nitrogen and oxygen atoms in total. The first-order valence-electron chi connectivity index (χ1n) is 5.38. The molecule has 14 heavy (non-hydrogen) atoms. The lowest BCUT2D eigenvalue weighted by Gasteiger charge is -2.37. The van der Waals surface area contributed by atoms with Crippen LogP contribution in [0, 0.1) is 5.92 Å². The minimum absolute atomic E-state index is 0.0373. The van der Waals surface area contributed by atoms with Gasteiger partial charge in [-0.15, -0.1) is 0 Å². The Labute approximate surface area is 82.6 Å². The summed E-state index contributed by atoms with van der Waals surface area (Å²) >= 11 is 0. The molecule has 1 aliphatic carbocycles. The molecule has 76 valence electrons. The fraction of sp³-hybridized carbons (Fsp3) is 0.800. The Kier molecular flexibility index (Phi) is 1.47. The molecule has 3 rings (SSSR count). The maximum absolute atomic E-state index is 11.8. The molecule has 1 N–H and O–H groups in total. The zero-order valence-corrected chi connectivity index (χ0v) is 8.08. The van der Waals surface area contributed by atoms with Crippen molar-refractivity contribution >= 4 is 11.9 Å². The minimum Gasteiger partial charge on any atom is -0.309 e. The predicted molar refractivity (Wildman–Crippen MR) is 49.6 cm³/mol. The molecule has 2 heterocycles. The van der Waals surface area contributed by atoms with E-state index in [4.69, 9.17) is 0 Å². The zero-order chi connectivity index (χ0) is 9.76. The molecule has 2 aliphatic heterocycles. The van der Waals surface area contributed by atoms with Gasteiger partial charge in [0, 0.05) is 6.54 Å². The van der Waals surface area contributed by atoms with Crippen molar-refractivity contribution in [2.45, 2.75) is 37.6 Å². The first kappa shape index (κ1) is 8.26. The maximum atomic E-state index is 11.8. The molecule has 1 spiro atoms. The standard InChI is InChI=1S/C10H14N2O2/c13-8-10-5-2-1-3-7(10)4-6-12(10)9(14)11-8/h7H,1-6H2,(H,11,13,14). The van der Waals surface area contributed by atoms with E-state index >= 15 is 0 Å². The van der Waals surface area contributed by atoms with Crippen molar-refractivity contribution in [2.24, 2.45) is 5.92 Å². The highest BCUT2D eigenvalue weighted by Crippen LogP contribution is 2.47. The molecule has 0 aromatic heterocycles. The van der Waals surface area contributed by atoms with E-state index < -0.39 is 5.54 Å². The van der Waals surface area contributed by atoms with E-state index in [1.165, 1.54) is 6.42 Å². The molecule has 0 radical (unpaired) electrons. The van der Waals surface area contributed by atoms with Crippen LogP contribution in [0.1, 0.15) is 32.1 Å². The lowest BCUT2D eigenvalue weighted by molar-refractivity contribution is -0.128. The number of hydrogen-bond donors (Lipinski definition) is 1. The van der Waals surface area contributed by atoms with Crippen LogP contribution in [-0.4, -0.2) is 28.9 Å². The number of hydrogen-bond acceptors (Lipinski definition) is 2. The molecular weight excluding hydrogens is 180 g/mol. The number of urea groups is 1. The average Bonchev–Trinajstić information content (AvgIpc) is 2.65. The van der Waals surface area contributed by atoms with Gasteiger partial charge in [-0.3, -0.25) is 10.1 Å². The number of carbonyl (C=O) groups is 2. The molecule has 0 bridgehead atoms. The van der Waals surface area contributed by atoms with Crippen LogP contribution in [0.25, 0.3) is 0 Å². The molecule has 2 unspecified atom stereocenters. The normalized spacial score (nSPS) is 40.9. The van der Waals surface area contributed by atoms with Gasteiger partial charge in [-0.05, 0) is 25.2 Å². The van der Waals surface area contributed by atoms with Gasteiger partial charge in [0.05, 0.1) is 0 Å². The zero-order valence-electron chi connectivity index (χ0n) is 8.08. The fourth-order valence-corrected chi connectivity index (χ4v) is 3.43.